The van der Waals surface area contributed by atoms with Gasteiger partial charge in [0.2, 0.25) is 0 Å². The smallest absolute Gasteiger partial charge is 0.344 e. The molecule has 0 unspecified atom stereocenters. The molecule has 3 rings (SSSR count). The third kappa shape index (κ3) is 1.97. The fourth-order valence-corrected chi connectivity index (χ4v) is 2.40. The van der Waals surface area contributed by atoms with Gasteiger partial charge in [-0.25, -0.2) is 4.79 Å². The van der Waals surface area contributed by atoms with Crippen molar-refractivity contribution in [3.63, 3.8) is 0 Å². The Labute approximate surface area is 116 Å². The van der Waals surface area contributed by atoms with Gasteiger partial charge in [0.25, 0.3) is 0 Å². The molecular weight excluding hydrogens is 252 g/mol. The molecule has 0 fully saturated rings. The summed E-state index contributed by atoms with van der Waals surface area (Å²) >= 11 is 0. The van der Waals surface area contributed by atoms with Gasteiger partial charge in [-0.05, 0) is 30.2 Å². The van der Waals surface area contributed by atoms with Crippen molar-refractivity contribution in [1.82, 2.24) is 0 Å². The maximum Gasteiger partial charge on any atom is 0.344 e. The van der Waals surface area contributed by atoms with Gasteiger partial charge in [0.05, 0.1) is 12.7 Å². The molecule has 3 heteroatoms. The molecular formula is C17H14O3. The van der Waals surface area contributed by atoms with Gasteiger partial charge in [-0.3, -0.25) is 0 Å². The van der Waals surface area contributed by atoms with Crippen LogP contribution >= 0.6 is 0 Å². The van der Waals surface area contributed by atoms with E-state index in [9.17, 15) is 4.79 Å². The first-order valence-electron chi connectivity index (χ1n) is 6.37. The minimum atomic E-state index is -0.325. The van der Waals surface area contributed by atoms with Gasteiger partial charge >= 0.3 is 5.63 Å². The van der Waals surface area contributed by atoms with E-state index in [-0.39, 0.29) is 5.63 Å². The van der Waals surface area contributed by atoms with Gasteiger partial charge in [0, 0.05) is 11.5 Å². The maximum atomic E-state index is 12.2. The molecule has 0 amide bonds. The molecule has 0 aliphatic rings. The lowest BCUT2D eigenvalue weighted by Gasteiger charge is -2.08. The van der Waals surface area contributed by atoms with E-state index in [1.165, 1.54) is 0 Å². The molecule has 2 aromatic carbocycles. The zero-order chi connectivity index (χ0) is 14.1. The van der Waals surface area contributed by atoms with E-state index < -0.39 is 0 Å². The second kappa shape index (κ2) is 4.85. The molecule has 0 bridgehead atoms. The molecule has 0 saturated carbocycles. The highest BCUT2D eigenvalue weighted by Crippen LogP contribution is 2.28. The summed E-state index contributed by atoms with van der Waals surface area (Å²) < 4.78 is 10.6. The van der Waals surface area contributed by atoms with E-state index in [4.69, 9.17) is 9.15 Å². The van der Waals surface area contributed by atoms with Gasteiger partial charge in [-0.15, -0.1) is 0 Å². The van der Waals surface area contributed by atoms with Gasteiger partial charge in [0.15, 0.2) is 0 Å². The van der Waals surface area contributed by atoms with Crippen molar-refractivity contribution in [3.8, 4) is 16.9 Å². The summed E-state index contributed by atoms with van der Waals surface area (Å²) in [5, 5.41) is 0.921. The number of hydrogen-bond acceptors (Lipinski definition) is 3. The normalized spacial score (nSPS) is 10.7. The molecule has 0 radical (unpaired) electrons. The molecule has 20 heavy (non-hydrogen) atoms. The van der Waals surface area contributed by atoms with Gasteiger partial charge in [-0.2, -0.15) is 0 Å². The Morgan fingerprint density at radius 1 is 1.05 bits per heavy atom. The summed E-state index contributed by atoms with van der Waals surface area (Å²) in [7, 11) is 1.59. The monoisotopic (exact) mass is 266 g/mol. The van der Waals surface area contributed by atoms with E-state index in [0.717, 1.165) is 16.5 Å². The van der Waals surface area contributed by atoms with Crippen LogP contribution < -0.4 is 10.4 Å². The molecule has 1 heterocycles. The largest absolute Gasteiger partial charge is 0.497 e. The summed E-state index contributed by atoms with van der Waals surface area (Å²) in [5.41, 5.74) is 2.63. The van der Waals surface area contributed by atoms with E-state index in [1.807, 2.05) is 49.4 Å². The Morgan fingerprint density at radius 2 is 1.80 bits per heavy atom. The SMILES string of the molecule is COc1ccc2c(C)c(-c3ccccc3)c(=O)oc2c1. The Bertz CT molecular complexity index is 817. The molecule has 0 aliphatic heterocycles. The van der Waals surface area contributed by atoms with E-state index in [1.54, 1.807) is 13.2 Å². The third-order valence-electron chi connectivity index (χ3n) is 3.44. The molecule has 0 N–H and O–H groups in total. The molecule has 3 aromatic rings. The lowest BCUT2D eigenvalue weighted by molar-refractivity contribution is 0.414. The molecule has 100 valence electrons. The van der Waals surface area contributed by atoms with Crippen LogP contribution in [0.3, 0.4) is 0 Å². The molecule has 0 atom stereocenters. The number of aryl methyl sites for hydroxylation is 1. The first-order valence-corrected chi connectivity index (χ1v) is 6.37. The van der Waals surface area contributed by atoms with Crippen LogP contribution in [-0.2, 0) is 0 Å². The number of hydrogen-bond donors (Lipinski definition) is 0. The number of ether oxygens (including phenoxy) is 1. The summed E-state index contributed by atoms with van der Waals surface area (Å²) in [6.45, 7) is 1.94. The van der Waals surface area contributed by atoms with Crippen LogP contribution in [0.5, 0.6) is 5.75 Å². The van der Waals surface area contributed by atoms with Gasteiger partial charge < -0.3 is 9.15 Å². The fourth-order valence-electron chi connectivity index (χ4n) is 2.40. The highest BCUT2D eigenvalue weighted by atomic mass is 16.5. The molecule has 3 nitrogen and oxygen atoms in total. The number of rotatable bonds is 2. The Morgan fingerprint density at radius 3 is 2.50 bits per heavy atom. The Hall–Kier alpha value is -2.55. The van der Waals surface area contributed by atoms with Crippen molar-refractivity contribution in [3.05, 3.63) is 64.5 Å². The van der Waals surface area contributed by atoms with Crippen LogP contribution in [0.4, 0.5) is 0 Å². The van der Waals surface area contributed by atoms with Crippen molar-refractivity contribution in [2.24, 2.45) is 0 Å². The minimum Gasteiger partial charge on any atom is -0.497 e. The quantitative estimate of drug-likeness (QED) is 0.663. The van der Waals surface area contributed by atoms with Crippen molar-refractivity contribution in [2.45, 2.75) is 6.92 Å². The predicted octanol–water partition coefficient (Wildman–Crippen LogP) is 3.78. The summed E-state index contributed by atoms with van der Waals surface area (Å²) in [4.78, 5) is 12.2. The zero-order valence-corrected chi connectivity index (χ0v) is 11.3. The second-order valence-electron chi connectivity index (χ2n) is 4.62. The Balaban J connectivity index is 2.33. The summed E-state index contributed by atoms with van der Waals surface area (Å²) in [5.74, 6) is 0.674. The third-order valence-corrected chi connectivity index (χ3v) is 3.44. The average Bonchev–Trinajstić information content (AvgIpc) is 2.47. The minimum absolute atomic E-state index is 0.325. The molecule has 0 aliphatic carbocycles. The van der Waals surface area contributed by atoms with Crippen molar-refractivity contribution >= 4 is 11.0 Å². The molecule has 0 saturated heterocycles. The van der Waals surface area contributed by atoms with Crippen molar-refractivity contribution in [1.29, 1.82) is 0 Å². The fraction of sp³-hybridized carbons (Fsp3) is 0.118. The summed E-state index contributed by atoms with van der Waals surface area (Å²) in [6.07, 6.45) is 0. The van der Waals surface area contributed by atoms with Gasteiger partial charge in [0.1, 0.15) is 11.3 Å². The molecule has 0 spiro atoms. The van der Waals surface area contributed by atoms with Crippen molar-refractivity contribution in [2.75, 3.05) is 7.11 Å². The highest BCUT2D eigenvalue weighted by Gasteiger charge is 2.13. The second-order valence-corrected chi connectivity index (χ2v) is 4.62. The van der Waals surface area contributed by atoms with Crippen molar-refractivity contribution < 1.29 is 9.15 Å². The lowest BCUT2D eigenvalue weighted by Crippen LogP contribution is -2.05. The van der Waals surface area contributed by atoms with E-state index in [2.05, 4.69) is 0 Å². The standard InChI is InChI=1S/C17H14O3/c1-11-14-9-8-13(19-2)10-15(14)20-17(18)16(11)12-6-4-3-5-7-12/h3-10H,1-2H3. The van der Waals surface area contributed by atoms with Crippen LogP contribution in [0, 0.1) is 6.92 Å². The highest BCUT2D eigenvalue weighted by molar-refractivity contribution is 5.87. The Kier molecular flexibility index (Phi) is 3.03. The molecule has 1 aromatic heterocycles. The lowest BCUT2D eigenvalue weighted by atomic mass is 10.00. The predicted molar refractivity (Wildman–Crippen MR) is 79.2 cm³/mol. The van der Waals surface area contributed by atoms with Crippen LogP contribution in [0.25, 0.3) is 22.1 Å². The zero-order valence-electron chi connectivity index (χ0n) is 11.3. The summed E-state index contributed by atoms with van der Waals surface area (Å²) in [6, 6.07) is 15.1. The average molecular weight is 266 g/mol. The number of benzene rings is 2. The van der Waals surface area contributed by atoms with Crippen LogP contribution in [0.15, 0.2) is 57.7 Å². The van der Waals surface area contributed by atoms with Crippen LogP contribution in [-0.4, -0.2) is 7.11 Å². The maximum absolute atomic E-state index is 12.2. The van der Waals surface area contributed by atoms with E-state index >= 15 is 0 Å². The first-order chi connectivity index (χ1) is 9.70. The van der Waals surface area contributed by atoms with Gasteiger partial charge in [-0.1, -0.05) is 30.3 Å². The number of fused-ring (bicyclic) bond motifs is 1. The van der Waals surface area contributed by atoms with Crippen LogP contribution in [0.2, 0.25) is 0 Å². The number of methoxy groups -OCH3 is 1. The van der Waals surface area contributed by atoms with Crippen LogP contribution in [0.1, 0.15) is 5.56 Å². The topological polar surface area (TPSA) is 39.4 Å². The first kappa shape index (κ1) is 12.5. The van der Waals surface area contributed by atoms with E-state index in [0.29, 0.717) is 16.9 Å².